The fourth-order valence-electron chi connectivity index (χ4n) is 4.20. The molecule has 1 aliphatic rings. The zero-order valence-corrected chi connectivity index (χ0v) is 19.1. The Hall–Kier alpha value is -3.15. The Morgan fingerprint density at radius 3 is 2.62 bits per heavy atom. The van der Waals surface area contributed by atoms with Gasteiger partial charge in [-0.2, -0.15) is 0 Å². The summed E-state index contributed by atoms with van der Waals surface area (Å²) in [5, 5.41) is 14.6. The quantitative estimate of drug-likeness (QED) is 0.583. The number of nitrogens with zero attached hydrogens (tertiary/aromatic N) is 3. The third-order valence-corrected chi connectivity index (χ3v) is 6.09. The second-order valence-corrected chi connectivity index (χ2v) is 9.17. The van der Waals surface area contributed by atoms with Crippen molar-refractivity contribution in [3.8, 4) is 17.1 Å². The number of hydrogen-bond donors (Lipinski definition) is 2. The summed E-state index contributed by atoms with van der Waals surface area (Å²) in [6.07, 6.45) is 3.29. The Labute approximate surface area is 189 Å². The molecule has 1 aliphatic heterocycles. The number of phenolic OH excluding ortho intramolecular Hbond substituents is 1. The van der Waals surface area contributed by atoms with E-state index in [1.807, 2.05) is 19.1 Å². The first kappa shape index (κ1) is 22.1. The molecule has 168 valence electrons. The molecule has 2 N–H and O–H groups in total. The largest absolute Gasteiger partial charge is 0.507 e. The van der Waals surface area contributed by atoms with Gasteiger partial charge in [-0.3, -0.25) is 4.79 Å². The van der Waals surface area contributed by atoms with Gasteiger partial charge >= 0.3 is 0 Å². The van der Waals surface area contributed by atoms with E-state index < -0.39 is 0 Å². The summed E-state index contributed by atoms with van der Waals surface area (Å²) in [6, 6.07) is 13.6. The molecule has 6 heteroatoms. The minimum atomic E-state index is 0.155. The lowest BCUT2D eigenvalue weighted by Crippen LogP contribution is -2.45. The molecule has 1 aromatic heterocycles. The average Bonchev–Trinajstić information content (AvgIpc) is 2.77. The summed E-state index contributed by atoms with van der Waals surface area (Å²) in [5.74, 6) is 2.28. The molecule has 3 aromatic rings. The Balaban J connectivity index is 1.56. The van der Waals surface area contributed by atoms with Gasteiger partial charge in [0.05, 0.1) is 11.1 Å². The molecule has 0 radical (unpaired) electrons. The predicted molar refractivity (Wildman–Crippen MR) is 129 cm³/mol. The number of nitrogens with one attached hydrogen (secondary N) is 1. The maximum Gasteiger partial charge on any atom is 0.220 e. The number of benzene rings is 2. The number of piperidine rings is 1. The van der Waals surface area contributed by atoms with Crippen molar-refractivity contribution >= 4 is 22.6 Å². The van der Waals surface area contributed by atoms with Crippen LogP contribution >= 0.6 is 0 Å². The molecule has 6 nitrogen and oxygen atoms in total. The lowest BCUT2D eigenvalue weighted by atomic mass is 10.0. The van der Waals surface area contributed by atoms with Gasteiger partial charge in [0.15, 0.2) is 5.82 Å². The van der Waals surface area contributed by atoms with E-state index in [1.54, 1.807) is 12.1 Å². The van der Waals surface area contributed by atoms with Crippen LogP contribution in [0.25, 0.3) is 22.3 Å². The number of amides is 1. The van der Waals surface area contributed by atoms with E-state index in [9.17, 15) is 9.90 Å². The van der Waals surface area contributed by atoms with Crippen molar-refractivity contribution in [1.82, 2.24) is 15.3 Å². The van der Waals surface area contributed by atoms with Crippen LogP contribution in [0.2, 0.25) is 0 Å². The molecule has 0 unspecified atom stereocenters. The summed E-state index contributed by atoms with van der Waals surface area (Å²) >= 11 is 0. The van der Waals surface area contributed by atoms with Crippen LogP contribution < -0.4 is 10.2 Å². The van der Waals surface area contributed by atoms with Crippen LogP contribution in [0.15, 0.2) is 42.5 Å². The molecule has 1 fully saturated rings. The van der Waals surface area contributed by atoms with Crippen LogP contribution in [0.1, 0.15) is 45.1 Å². The Kier molecular flexibility index (Phi) is 6.58. The van der Waals surface area contributed by atoms with Crippen LogP contribution in [0.3, 0.4) is 0 Å². The van der Waals surface area contributed by atoms with E-state index in [2.05, 4.69) is 42.3 Å². The molecule has 0 atom stereocenters. The summed E-state index contributed by atoms with van der Waals surface area (Å²) in [6.45, 7) is 7.96. The van der Waals surface area contributed by atoms with Crippen molar-refractivity contribution < 1.29 is 9.90 Å². The number of anilines is 1. The van der Waals surface area contributed by atoms with Crippen LogP contribution in [0.5, 0.6) is 5.75 Å². The van der Waals surface area contributed by atoms with E-state index in [0.717, 1.165) is 54.6 Å². The number of aromatic nitrogens is 2. The maximum atomic E-state index is 12.2. The number of carbonyl (C=O) groups excluding carboxylic acids is 1. The highest BCUT2D eigenvalue weighted by atomic mass is 16.3. The molecule has 4 rings (SSSR count). The van der Waals surface area contributed by atoms with Gasteiger partial charge in [0, 0.05) is 30.9 Å². The molecule has 0 spiro atoms. The number of phenols is 1. The highest BCUT2D eigenvalue weighted by Gasteiger charge is 2.24. The lowest BCUT2D eigenvalue weighted by Gasteiger charge is -2.34. The SMILES string of the molecule is Cc1ccc2c(N3CCC(NC(=O)CCC(C)C)CC3)nc(-c3ccccc3O)nc2c1. The van der Waals surface area contributed by atoms with Crippen molar-refractivity contribution in [2.45, 2.75) is 52.5 Å². The fraction of sp³-hybridized carbons (Fsp3) is 0.423. The molecule has 1 saturated heterocycles. The first-order valence-electron chi connectivity index (χ1n) is 11.5. The average molecular weight is 433 g/mol. The lowest BCUT2D eigenvalue weighted by molar-refractivity contribution is -0.122. The number of rotatable bonds is 6. The third kappa shape index (κ3) is 5.01. The van der Waals surface area contributed by atoms with E-state index in [4.69, 9.17) is 9.97 Å². The Bertz CT molecular complexity index is 1100. The predicted octanol–water partition coefficient (Wildman–Crippen LogP) is 4.83. The standard InChI is InChI=1S/C26H32N4O2/c1-17(2)8-11-24(32)27-19-12-14-30(15-13-19)26-20-10-9-18(3)16-22(20)28-25(29-26)21-6-4-5-7-23(21)31/h4-7,9-10,16-17,19,31H,8,11-15H2,1-3H3,(H,27,32). The van der Waals surface area contributed by atoms with Crippen molar-refractivity contribution in [2.24, 2.45) is 5.92 Å². The van der Waals surface area contributed by atoms with E-state index in [1.165, 1.54) is 0 Å². The van der Waals surface area contributed by atoms with E-state index >= 15 is 0 Å². The number of para-hydroxylation sites is 1. The summed E-state index contributed by atoms with van der Waals surface area (Å²) < 4.78 is 0. The number of carbonyl (C=O) groups is 1. The van der Waals surface area contributed by atoms with Gasteiger partial charge in [-0.15, -0.1) is 0 Å². The first-order chi connectivity index (χ1) is 15.4. The van der Waals surface area contributed by atoms with Gasteiger partial charge in [-0.25, -0.2) is 9.97 Å². The molecule has 0 aliphatic carbocycles. The van der Waals surface area contributed by atoms with Gasteiger partial charge in [0.1, 0.15) is 11.6 Å². The minimum absolute atomic E-state index is 0.155. The van der Waals surface area contributed by atoms with Gasteiger partial charge in [0.2, 0.25) is 5.91 Å². The highest BCUT2D eigenvalue weighted by molar-refractivity contribution is 5.92. The normalized spacial score (nSPS) is 14.8. The van der Waals surface area contributed by atoms with Crippen LogP contribution in [-0.4, -0.2) is 40.1 Å². The molecule has 2 heterocycles. The Morgan fingerprint density at radius 1 is 1.16 bits per heavy atom. The third-order valence-electron chi connectivity index (χ3n) is 6.09. The van der Waals surface area contributed by atoms with Gasteiger partial charge in [-0.05, 0) is 61.9 Å². The van der Waals surface area contributed by atoms with Crippen molar-refractivity contribution in [2.75, 3.05) is 18.0 Å². The fourth-order valence-corrected chi connectivity index (χ4v) is 4.20. The summed E-state index contributed by atoms with van der Waals surface area (Å²) in [5.41, 5.74) is 2.63. The molecular weight excluding hydrogens is 400 g/mol. The second kappa shape index (κ2) is 9.55. The number of hydrogen-bond acceptors (Lipinski definition) is 5. The zero-order valence-electron chi connectivity index (χ0n) is 19.1. The summed E-state index contributed by atoms with van der Waals surface area (Å²) in [7, 11) is 0. The summed E-state index contributed by atoms with van der Waals surface area (Å²) in [4.78, 5) is 24.2. The van der Waals surface area contributed by atoms with Gasteiger partial charge in [-0.1, -0.05) is 32.0 Å². The first-order valence-corrected chi connectivity index (χ1v) is 11.5. The van der Waals surface area contributed by atoms with Crippen molar-refractivity contribution in [3.05, 3.63) is 48.0 Å². The van der Waals surface area contributed by atoms with Crippen molar-refractivity contribution in [3.63, 3.8) is 0 Å². The molecule has 1 amide bonds. The van der Waals surface area contributed by atoms with Gasteiger partial charge in [0.25, 0.3) is 0 Å². The van der Waals surface area contributed by atoms with E-state index in [-0.39, 0.29) is 17.7 Å². The molecule has 2 aromatic carbocycles. The Morgan fingerprint density at radius 2 is 1.91 bits per heavy atom. The van der Waals surface area contributed by atoms with Crippen LogP contribution in [0.4, 0.5) is 5.82 Å². The zero-order chi connectivity index (χ0) is 22.7. The number of aromatic hydroxyl groups is 1. The number of aryl methyl sites for hydroxylation is 1. The molecule has 32 heavy (non-hydrogen) atoms. The smallest absolute Gasteiger partial charge is 0.220 e. The van der Waals surface area contributed by atoms with Crippen LogP contribution in [0, 0.1) is 12.8 Å². The molecular formula is C26H32N4O2. The van der Waals surface area contributed by atoms with E-state index in [0.29, 0.717) is 23.7 Å². The topological polar surface area (TPSA) is 78.4 Å². The maximum absolute atomic E-state index is 12.2. The monoisotopic (exact) mass is 432 g/mol. The number of fused-ring (bicyclic) bond motifs is 1. The second-order valence-electron chi connectivity index (χ2n) is 9.17. The van der Waals surface area contributed by atoms with Crippen molar-refractivity contribution in [1.29, 1.82) is 0 Å². The molecule has 0 bridgehead atoms. The minimum Gasteiger partial charge on any atom is -0.507 e. The van der Waals surface area contributed by atoms with Gasteiger partial charge < -0.3 is 15.3 Å². The molecule has 0 saturated carbocycles. The van der Waals surface area contributed by atoms with Crippen LogP contribution in [-0.2, 0) is 4.79 Å². The highest BCUT2D eigenvalue weighted by Crippen LogP contribution is 2.33.